The van der Waals surface area contributed by atoms with Gasteiger partial charge in [0.05, 0.1) is 5.69 Å². The average molecular weight is 408 g/mol. The Hall–Kier alpha value is -4.32. The standard InChI is InChI=1S/C25H17FN4O/c26-19-15-13-18(14-16-19)24-28-23(29-30(24)20-9-2-1-3-10-20)25(31)27-22-12-6-8-17-7-4-5-11-21(17)22/h1-16H,(H,27,31). The van der Waals surface area contributed by atoms with Gasteiger partial charge in [-0.3, -0.25) is 4.79 Å². The fourth-order valence-corrected chi connectivity index (χ4v) is 3.46. The fraction of sp³-hybridized carbons (Fsp3) is 0. The quantitative estimate of drug-likeness (QED) is 0.428. The number of halogens is 1. The molecule has 1 N–H and O–H groups in total. The Balaban J connectivity index is 1.56. The Morgan fingerprint density at radius 1 is 0.806 bits per heavy atom. The van der Waals surface area contributed by atoms with Crippen LogP contribution >= 0.6 is 0 Å². The molecule has 6 heteroatoms. The minimum atomic E-state index is -0.422. The second-order valence-corrected chi connectivity index (χ2v) is 6.99. The Bertz CT molecular complexity index is 1370. The Morgan fingerprint density at radius 2 is 1.52 bits per heavy atom. The first-order chi connectivity index (χ1) is 15.2. The number of benzene rings is 4. The van der Waals surface area contributed by atoms with Gasteiger partial charge in [0.1, 0.15) is 5.82 Å². The molecule has 0 aliphatic carbocycles. The molecule has 0 unspecified atom stereocenters. The van der Waals surface area contributed by atoms with Crippen molar-refractivity contribution in [2.75, 3.05) is 5.32 Å². The molecule has 0 atom stereocenters. The first-order valence-corrected chi connectivity index (χ1v) is 9.76. The van der Waals surface area contributed by atoms with Crippen LogP contribution in [0.1, 0.15) is 10.6 Å². The molecule has 0 spiro atoms. The molecular weight excluding hydrogens is 391 g/mol. The molecule has 0 aliphatic rings. The van der Waals surface area contributed by atoms with E-state index in [9.17, 15) is 9.18 Å². The lowest BCUT2D eigenvalue weighted by atomic mass is 10.1. The lowest BCUT2D eigenvalue weighted by Crippen LogP contribution is -2.14. The van der Waals surface area contributed by atoms with Gasteiger partial charge >= 0.3 is 0 Å². The van der Waals surface area contributed by atoms with Gasteiger partial charge in [-0.15, -0.1) is 5.10 Å². The van der Waals surface area contributed by atoms with E-state index in [4.69, 9.17) is 0 Å². The number of amides is 1. The summed E-state index contributed by atoms with van der Waals surface area (Å²) in [6, 6.07) is 28.9. The Labute approximate surface area is 177 Å². The SMILES string of the molecule is O=C(Nc1cccc2ccccc12)c1nc(-c2ccc(F)cc2)n(-c2ccccc2)n1. The molecule has 31 heavy (non-hydrogen) atoms. The van der Waals surface area contributed by atoms with E-state index in [1.54, 1.807) is 16.8 Å². The number of carbonyl (C=O) groups excluding carboxylic acids is 1. The van der Waals surface area contributed by atoms with Crippen LogP contribution in [0.15, 0.2) is 97.1 Å². The van der Waals surface area contributed by atoms with Gasteiger partial charge in [-0.25, -0.2) is 14.1 Å². The summed E-state index contributed by atoms with van der Waals surface area (Å²) in [6.45, 7) is 0. The van der Waals surface area contributed by atoms with E-state index in [0.717, 1.165) is 16.5 Å². The highest BCUT2D eigenvalue weighted by atomic mass is 19.1. The Morgan fingerprint density at radius 3 is 2.32 bits per heavy atom. The summed E-state index contributed by atoms with van der Waals surface area (Å²) in [5.41, 5.74) is 2.09. The van der Waals surface area contributed by atoms with Crippen LogP contribution in [0.25, 0.3) is 27.8 Å². The smallest absolute Gasteiger partial charge is 0.295 e. The summed E-state index contributed by atoms with van der Waals surface area (Å²) in [4.78, 5) is 17.5. The van der Waals surface area contributed by atoms with Crippen molar-refractivity contribution in [2.45, 2.75) is 0 Å². The van der Waals surface area contributed by atoms with Gasteiger partial charge in [0.15, 0.2) is 5.82 Å². The third kappa shape index (κ3) is 3.67. The molecule has 1 heterocycles. The van der Waals surface area contributed by atoms with Crippen LogP contribution in [-0.4, -0.2) is 20.7 Å². The van der Waals surface area contributed by atoms with E-state index in [-0.39, 0.29) is 11.6 Å². The zero-order chi connectivity index (χ0) is 21.2. The highest BCUT2D eigenvalue weighted by Crippen LogP contribution is 2.25. The number of rotatable bonds is 4. The van der Waals surface area contributed by atoms with E-state index in [1.807, 2.05) is 72.8 Å². The molecule has 0 fully saturated rings. The monoisotopic (exact) mass is 408 g/mol. The number of hydrogen-bond donors (Lipinski definition) is 1. The van der Waals surface area contributed by atoms with E-state index in [2.05, 4.69) is 15.4 Å². The molecule has 5 nitrogen and oxygen atoms in total. The Kier molecular flexibility index (Phi) is 4.72. The van der Waals surface area contributed by atoms with Crippen molar-refractivity contribution >= 4 is 22.4 Å². The van der Waals surface area contributed by atoms with E-state index < -0.39 is 5.91 Å². The highest BCUT2D eigenvalue weighted by Gasteiger charge is 2.19. The van der Waals surface area contributed by atoms with Crippen LogP contribution < -0.4 is 5.32 Å². The largest absolute Gasteiger partial charge is 0.319 e. The summed E-state index contributed by atoms with van der Waals surface area (Å²) < 4.78 is 15.0. The van der Waals surface area contributed by atoms with E-state index >= 15 is 0 Å². The van der Waals surface area contributed by atoms with Crippen LogP contribution in [0, 0.1) is 5.82 Å². The summed E-state index contributed by atoms with van der Waals surface area (Å²) in [7, 11) is 0. The van der Waals surface area contributed by atoms with Gasteiger partial charge in [0.25, 0.3) is 5.91 Å². The predicted octanol–water partition coefficient (Wildman–Crippen LogP) is 5.48. The van der Waals surface area contributed by atoms with Crippen LogP contribution in [0.3, 0.4) is 0 Å². The maximum absolute atomic E-state index is 13.4. The maximum Gasteiger partial charge on any atom is 0.295 e. The van der Waals surface area contributed by atoms with Crippen molar-refractivity contribution < 1.29 is 9.18 Å². The number of para-hydroxylation sites is 1. The molecule has 0 bridgehead atoms. The number of nitrogens with zero attached hydrogens (tertiary/aromatic N) is 3. The van der Waals surface area contributed by atoms with Crippen LogP contribution in [-0.2, 0) is 0 Å². The number of nitrogens with one attached hydrogen (secondary N) is 1. The molecule has 0 radical (unpaired) electrons. The molecule has 0 saturated carbocycles. The predicted molar refractivity (Wildman–Crippen MR) is 119 cm³/mol. The minimum absolute atomic E-state index is 0.0242. The number of carbonyl (C=O) groups is 1. The zero-order valence-electron chi connectivity index (χ0n) is 16.4. The van der Waals surface area contributed by atoms with E-state index in [0.29, 0.717) is 17.1 Å². The molecular formula is C25H17FN4O. The first kappa shape index (κ1) is 18.7. The molecule has 4 aromatic carbocycles. The topological polar surface area (TPSA) is 59.8 Å². The summed E-state index contributed by atoms with van der Waals surface area (Å²) in [5.74, 6) is -0.289. The molecule has 5 aromatic rings. The normalized spacial score (nSPS) is 10.9. The molecule has 1 amide bonds. The van der Waals surface area contributed by atoms with Gasteiger partial charge in [0.2, 0.25) is 5.82 Å². The number of aromatic nitrogens is 3. The minimum Gasteiger partial charge on any atom is -0.319 e. The van der Waals surface area contributed by atoms with Crippen molar-refractivity contribution in [1.29, 1.82) is 0 Å². The second-order valence-electron chi connectivity index (χ2n) is 6.99. The van der Waals surface area contributed by atoms with Gasteiger partial charge in [-0.2, -0.15) is 0 Å². The van der Waals surface area contributed by atoms with Crippen LogP contribution in [0.5, 0.6) is 0 Å². The average Bonchev–Trinajstić information content (AvgIpc) is 3.26. The highest BCUT2D eigenvalue weighted by molar-refractivity contribution is 6.07. The number of fused-ring (bicyclic) bond motifs is 1. The maximum atomic E-state index is 13.4. The molecule has 0 aliphatic heterocycles. The molecule has 1 aromatic heterocycles. The lowest BCUT2D eigenvalue weighted by molar-refractivity contribution is 0.101. The third-order valence-corrected chi connectivity index (χ3v) is 4.95. The number of anilines is 1. The third-order valence-electron chi connectivity index (χ3n) is 4.95. The van der Waals surface area contributed by atoms with Gasteiger partial charge in [-0.1, -0.05) is 54.6 Å². The molecule has 150 valence electrons. The summed E-state index contributed by atoms with van der Waals surface area (Å²) in [6.07, 6.45) is 0. The summed E-state index contributed by atoms with van der Waals surface area (Å²) in [5, 5.41) is 9.33. The van der Waals surface area contributed by atoms with E-state index in [1.165, 1.54) is 12.1 Å². The fourth-order valence-electron chi connectivity index (χ4n) is 3.46. The van der Waals surface area contributed by atoms with Gasteiger partial charge < -0.3 is 5.32 Å². The molecule has 5 rings (SSSR count). The first-order valence-electron chi connectivity index (χ1n) is 9.76. The van der Waals surface area contributed by atoms with Gasteiger partial charge in [-0.05, 0) is 47.9 Å². The van der Waals surface area contributed by atoms with Crippen molar-refractivity contribution in [2.24, 2.45) is 0 Å². The van der Waals surface area contributed by atoms with Crippen molar-refractivity contribution in [3.63, 3.8) is 0 Å². The van der Waals surface area contributed by atoms with Gasteiger partial charge in [0, 0.05) is 16.6 Å². The zero-order valence-corrected chi connectivity index (χ0v) is 16.4. The molecule has 0 saturated heterocycles. The van der Waals surface area contributed by atoms with Crippen LogP contribution in [0.4, 0.5) is 10.1 Å². The van der Waals surface area contributed by atoms with Crippen molar-refractivity contribution in [1.82, 2.24) is 14.8 Å². The second kappa shape index (κ2) is 7.84. The van der Waals surface area contributed by atoms with Crippen LogP contribution in [0.2, 0.25) is 0 Å². The van der Waals surface area contributed by atoms with Crippen molar-refractivity contribution in [3.05, 3.63) is 109 Å². The lowest BCUT2D eigenvalue weighted by Gasteiger charge is -2.07. The summed E-state index contributed by atoms with van der Waals surface area (Å²) >= 11 is 0. The number of hydrogen-bond acceptors (Lipinski definition) is 3. The van der Waals surface area contributed by atoms with Crippen molar-refractivity contribution in [3.8, 4) is 17.1 Å².